The molecule has 0 aliphatic heterocycles. The Morgan fingerprint density at radius 1 is 1.00 bits per heavy atom. The number of benzene rings is 2. The lowest BCUT2D eigenvalue weighted by Crippen LogP contribution is -2.13. The van der Waals surface area contributed by atoms with E-state index in [1.165, 1.54) is 22.3 Å². The van der Waals surface area contributed by atoms with Crippen LogP contribution < -0.4 is 4.74 Å². The van der Waals surface area contributed by atoms with Gasteiger partial charge in [-0.2, -0.15) is 0 Å². The van der Waals surface area contributed by atoms with E-state index >= 15 is 0 Å². The first-order valence-electron chi connectivity index (χ1n) is 8.29. The molecule has 1 atom stereocenters. The molecule has 0 saturated carbocycles. The van der Waals surface area contributed by atoms with Crippen molar-refractivity contribution in [3.63, 3.8) is 0 Å². The summed E-state index contributed by atoms with van der Waals surface area (Å²) in [7, 11) is 0.716. The highest BCUT2D eigenvalue weighted by atomic mass is 32.2. The smallest absolute Gasteiger partial charge is 0.119 e. The predicted octanol–water partition coefficient (Wildman–Crippen LogP) is 5.06. The topological polar surface area (TPSA) is 26.3 Å². The van der Waals surface area contributed by atoms with Crippen molar-refractivity contribution < 1.29 is 8.95 Å². The zero-order valence-electron chi connectivity index (χ0n) is 15.6. The summed E-state index contributed by atoms with van der Waals surface area (Å²) in [5.41, 5.74) is 6.20. The van der Waals surface area contributed by atoms with Gasteiger partial charge in [-0.15, -0.1) is 0 Å². The van der Waals surface area contributed by atoms with E-state index in [1.807, 2.05) is 24.3 Å². The van der Waals surface area contributed by atoms with Gasteiger partial charge in [0.15, 0.2) is 0 Å². The third-order valence-electron chi connectivity index (χ3n) is 4.33. The van der Waals surface area contributed by atoms with Crippen LogP contribution in [0.1, 0.15) is 48.6 Å². The molecule has 0 saturated heterocycles. The largest absolute Gasteiger partial charge is 0.497 e. The fraction of sp³-hybridized carbons (Fsp3) is 0.429. The van der Waals surface area contributed by atoms with E-state index in [2.05, 4.69) is 46.8 Å². The summed E-state index contributed by atoms with van der Waals surface area (Å²) >= 11 is 0. The third-order valence-corrected chi connectivity index (χ3v) is 5.60. The Balaban J connectivity index is 2.17. The molecule has 2 nitrogen and oxygen atoms in total. The van der Waals surface area contributed by atoms with E-state index in [9.17, 15) is 4.21 Å². The molecule has 2 aromatic carbocycles. The molecule has 2 rings (SSSR count). The molecule has 2 aromatic rings. The average Bonchev–Trinajstić information content (AvgIpc) is 2.50. The Kier molecular flexibility index (Phi) is 5.87. The van der Waals surface area contributed by atoms with E-state index in [4.69, 9.17) is 4.74 Å². The highest BCUT2D eigenvalue weighted by Crippen LogP contribution is 2.28. The van der Waals surface area contributed by atoms with E-state index in [0.29, 0.717) is 11.5 Å². The molecule has 0 amide bonds. The molecule has 24 heavy (non-hydrogen) atoms. The van der Waals surface area contributed by atoms with Gasteiger partial charge in [-0.05, 0) is 59.2 Å². The Labute approximate surface area is 148 Å². The SMILES string of the molecule is COc1cccc(C[S@@](=O)Cc2c(C)cc(C(C)(C)C)cc2C)c1. The summed E-state index contributed by atoms with van der Waals surface area (Å²) in [5.74, 6) is 1.96. The van der Waals surface area contributed by atoms with Crippen molar-refractivity contribution in [3.8, 4) is 5.75 Å². The normalized spacial score (nSPS) is 12.9. The summed E-state index contributed by atoms with van der Waals surface area (Å²) in [6, 6.07) is 12.3. The molecule has 0 aliphatic carbocycles. The van der Waals surface area contributed by atoms with E-state index in [1.54, 1.807) is 7.11 Å². The van der Waals surface area contributed by atoms with Gasteiger partial charge >= 0.3 is 0 Å². The van der Waals surface area contributed by atoms with Crippen molar-refractivity contribution >= 4 is 10.8 Å². The fourth-order valence-corrected chi connectivity index (χ4v) is 4.24. The van der Waals surface area contributed by atoms with Crippen LogP contribution in [0.5, 0.6) is 5.75 Å². The number of ether oxygens (including phenoxy) is 1. The monoisotopic (exact) mass is 344 g/mol. The van der Waals surface area contributed by atoms with Gasteiger partial charge in [0.2, 0.25) is 0 Å². The van der Waals surface area contributed by atoms with Crippen LogP contribution in [-0.4, -0.2) is 11.3 Å². The van der Waals surface area contributed by atoms with Crippen molar-refractivity contribution in [2.24, 2.45) is 0 Å². The van der Waals surface area contributed by atoms with Crippen LogP contribution in [0, 0.1) is 13.8 Å². The quantitative estimate of drug-likeness (QED) is 0.758. The number of hydrogen-bond donors (Lipinski definition) is 0. The van der Waals surface area contributed by atoms with E-state index in [0.717, 1.165) is 11.3 Å². The molecule has 3 heteroatoms. The molecule has 0 unspecified atom stereocenters. The van der Waals surface area contributed by atoms with Crippen LogP contribution in [0.25, 0.3) is 0 Å². The summed E-state index contributed by atoms with van der Waals surface area (Å²) < 4.78 is 17.9. The van der Waals surface area contributed by atoms with Crippen LogP contribution in [-0.2, 0) is 27.7 Å². The lowest BCUT2D eigenvalue weighted by atomic mass is 9.84. The van der Waals surface area contributed by atoms with Gasteiger partial charge in [0.25, 0.3) is 0 Å². The minimum Gasteiger partial charge on any atom is -0.497 e. The highest BCUT2D eigenvalue weighted by molar-refractivity contribution is 7.83. The van der Waals surface area contributed by atoms with Gasteiger partial charge in [-0.25, -0.2) is 0 Å². The van der Waals surface area contributed by atoms with Crippen molar-refractivity contribution in [2.45, 2.75) is 51.5 Å². The zero-order chi connectivity index (χ0) is 17.9. The minimum absolute atomic E-state index is 0.133. The van der Waals surface area contributed by atoms with Crippen LogP contribution >= 0.6 is 0 Å². The van der Waals surface area contributed by atoms with Gasteiger partial charge in [-0.3, -0.25) is 4.21 Å². The predicted molar refractivity (Wildman–Crippen MR) is 103 cm³/mol. The van der Waals surface area contributed by atoms with Crippen LogP contribution in [0.4, 0.5) is 0 Å². The second-order valence-corrected chi connectivity index (χ2v) is 8.88. The van der Waals surface area contributed by atoms with Gasteiger partial charge in [-0.1, -0.05) is 45.0 Å². The Hall–Kier alpha value is -1.61. The molecule has 0 aromatic heterocycles. The number of aryl methyl sites for hydroxylation is 2. The molecule has 0 N–H and O–H groups in total. The summed E-state index contributed by atoms with van der Waals surface area (Å²) in [4.78, 5) is 0. The molecular weight excluding hydrogens is 316 g/mol. The lowest BCUT2D eigenvalue weighted by Gasteiger charge is -2.22. The molecular formula is C21H28O2S. The molecule has 0 radical (unpaired) electrons. The molecule has 0 bridgehead atoms. The van der Waals surface area contributed by atoms with Crippen molar-refractivity contribution in [2.75, 3.05) is 7.11 Å². The molecule has 0 fully saturated rings. The number of rotatable bonds is 5. The maximum absolute atomic E-state index is 12.6. The first-order chi connectivity index (χ1) is 11.2. The van der Waals surface area contributed by atoms with Crippen molar-refractivity contribution in [1.82, 2.24) is 0 Å². The molecule has 0 heterocycles. The van der Waals surface area contributed by atoms with Crippen molar-refractivity contribution in [3.05, 3.63) is 64.2 Å². The standard InChI is InChI=1S/C21H28O2S/c1-15-10-18(21(3,4)5)11-16(2)20(15)14-24(22)13-17-8-7-9-19(12-17)23-6/h7-12H,13-14H2,1-6H3/t24-/m1/s1. The summed E-state index contributed by atoms with van der Waals surface area (Å²) in [6.45, 7) is 10.9. The maximum Gasteiger partial charge on any atom is 0.119 e. The molecule has 0 spiro atoms. The Morgan fingerprint density at radius 2 is 1.62 bits per heavy atom. The second-order valence-electron chi connectivity index (χ2n) is 7.42. The van der Waals surface area contributed by atoms with Crippen LogP contribution in [0.3, 0.4) is 0 Å². The molecule has 130 valence electrons. The van der Waals surface area contributed by atoms with E-state index < -0.39 is 10.8 Å². The van der Waals surface area contributed by atoms with Gasteiger partial charge in [0, 0.05) is 22.3 Å². The van der Waals surface area contributed by atoms with Crippen LogP contribution in [0.2, 0.25) is 0 Å². The first-order valence-corrected chi connectivity index (χ1v) is 9.78. The Bertz CT molecular complexity index is 719. The average molecular weight is 345 g/mol. The minimum atomic E-state index is -0.936. The fourth-order valence-electron chi connectivity index (χ4n) is 2.81. The Morgan fingerprint density at radius 3 is 2.17 bits per heavy atom. The summed E-state index contributed by atoms with van der Waals surface area (Å²) in [5, 5.41) is 0. The number of hydrogen-bond acceptors (Lipinski definition) is 2. The van der Waals surface area contributed by atoms with Gasteiger partial charge in [0.1, 0.15) is 5.75 Å². The second kappa shape index (κ2) is 7.52. The van der Waals surface area contributed by atoms with Crippen molar-refractivity contribution in [1.29, 1.82) is 0 Å². The van der Waals surface area contributed by atoms with Crippen LogP contribution in [0.15, 0.2) is 36.4 Å². The zero-order valence-corrected chi connectivity index (χ0v) is 16.4. The number of methoxy groups -OCH3 is 1. The highest BCUT2D eigenvalue weighted by Gasteiger charge is 2.17. The lowest BCUT2D eigenvalue weighted by molar-refractivity contribution is 0.414. The first kappa shape index (κ1) is 18.7. The van der Waals surface area contributed by atoms with Gasteiger partial charge in [0.05, 0.1) is 7.11 Å². The maximum atomic E-state index is 12.6. The van der Waals surface area contributed by atoms with Gasteiger partial charge < -0.3 is 4.74 Å². The summed E-state index contributed by atoms with van der Waals surface area (Å²) in [6.07, 6.45) is 0. The van der Waals surface area contributed by atoms with E-state index in [-0.39, 0.29) is 5.41 Å². The molecule has 0 aliphatic rings. The third kappa shape index (κ3) is 4.70.